The van der Waals surface area contributed by atoms with E-state index in [4.69, 9.17) is 5.73 Å². The molecule has 1 heterocycles. The Labute approximate surface area is 160 Å². The number of amides is 2. The Morgan fingerprint density at radius 2 is 1.88 bits per heavy atom. The summed E-state index contributed by atoms with van der Waals surface area (Å²) in [6.07, 6.45) is 2.63. The highest BCUT2D eigenvalue weighted by Crippen LogP contribution is 2.32. The molecule has 3 rings (SSSR count). The number of hydrogen-bond acceptors (Lipinski definition) is 3. The highest BCUT2D eigenvalue weighted by molar-refractivity contribution is 6.08. The summed E-state index contributed by atoms with van der Waals surface area (Å²) in [5, 5.41) is 2.84. The minimum absolute atomic E-state index is 0. The third-order valence-electron chi connectivity index (χ3n) is 4.44. The normalized spacial score (nSPS) is 12.7. The molecule has 1 aliphatic heterocycles. The van der Waals surface area contributed by atoms with Crippen molar-refractivity contribution in [1.82, 2.24) is 5.32 Å². The highest BCUT2D eigenvalue weighted by Gasteiger charge is 2.25. The van der Waals surface area contributed by atoms with Crippen LogP contribution in [0.1, 0.15) is 46.0 Å². The Morgan fingerprint density at radius 3 is 2.65 bits per heavy atom. The molecule has 6 heteroatoms. The Bertz CT molecular complexity index is 807. The SMILES string of the molecule is CCCNC(=O)c1cccc(C(=O)N2CCCc3c(N)cccc32)c1.Cl. The molecule has 0 spiro atoms. The van der Waals surface area contributed by atoms with Crippen molar-refractivity contribution < 1.29 is 9.59 Å². The molecule has 26 heavy (non-hydrogen) atoms. The summed E-state index contributed by atoms with van der Waals surface area (Å²) in [6.45, 7) is 3.27. The second-order valence-electron chi connectivity index (χ2n) is 6.24. The van der Waals surface area contributed by atoms with Crippen LogP contribution in [0.15, 0.2) is 42.5 Å². The standard InChI is InChI=1S/C20H23N3O2.ClH/c1-2-11-22-19(24)14-6-3-7-15(13-14)20(25)23-12-5-8-16-17(21)9-4-10-18(16)23;/h3-4,6-7,9-10,13H,2,5,8,11-12,21H2,1H3,(H,22,24);1H. The van der Waals surface area contributed by atoms with Crippen LogP contribution in [0.2, 0.25) is 0 Å². The predicted molar refractivity (Wildman–Crippen MR) is 107 cm³/mol. The van der Waals surface area contributed by atoms with Gasteiger partial charge in [-0.3, -0.25) is 9.59 Å². The van der Waals surface area contributed by atoms with Crippen molar-refractivity contribution in [3.63, 3.8) is 0 Å². The predicted octanol–water partition coefficient (Wildman–Crippen LogP) is 3.42. The molecule has 0 aliphatic carbocycles. The van der Waals surface area contributed by atoms with E-state index in [1.54, 1.807) is 29.2 Å². The van der Waals surface area contributed by atoms with Crippen LogP contribution in [0, 0.1) is 0 Å². The number of benzene rings is 2. The van der Waals surface area contributed by atoms with Crippen LogP contribution >= 0.6 is 12.4 Å². The summed E-state index contributed by atoms with van der Waals surface area (Å²) >= 11 is 0. The average Bonchev–Trinajstić information content (AvgIpc) is 2.65. The van der Waals surface area contributed by atoms with Crippen LogP contribution in [0.5, 0.6) is 0 Å². The molecule has 3 N–H and O–H groups in total. The number of fused-ring (bicyclic) bond motifs is 1. The fourth-order valence-electron chi connectivity index (χ4n) is 3.15. The van der Waals surface area contributed by atoms with Gasteiger partial charge < -0.3 is 16.0 Å². The van der Waals surface area contributed by atoms with Crippen molar-refractivity contribution in [2.24, 2.45) is 0 Å². The molecule has 0 saturated carbocycles. The van der Waals surface area contributed by atoms with Crippen molar-refractivity contribution in [2.45, 2.75) is 26.2 Å². The van der Waals surface area contributed by atoms with Gasteiger partial charge in [-0.05, 0) is 55.2 Å². The van der Waals surface area contributed by atoms with E-state index < -0.39 is 0 Å². The zero-order chi connectivity index (χ0) is 17.8. The van der Waals surface area contributed by atoms with Gasteiger partial charge in [0.15, 0.2) is 0 Å². The van der Waals surface area contributed by atoms with E-state index in [-0.39, 0.29) is 24.2 Å². The maximum atomic E-state index is 13.0. The van der Waals surface area contributed by atoms with Gasteiger partial charge in [0.25, 0.3) is 11.8 Å². The van der Waals surface area contributed by atoms with Gasteiger partial charge >= 0.3 is 0 Å². The first-order chi connectivity index (χ1) is 12.1. The number of nitrogens with two attached hydrogens (primary N) is 1. The summed E-state index contributed by atoms with van der Waals surface area (Å²) in [6, 6.07) is 12.6. The van der Waals surface area contributed by atoms with Gasteiger partial charge in [-0.1, -0.05) is 19.1 Å². The molecule has 0 atom stereocenters. The van der Waals surface area contributed by atoms with E-state index in [1.165, 1.54) is 0 Å². The minimum Gasteiger partial charge on any atom is -0.398 e. The van der Waals surface area contributed by atoms with E-state index in [9.17, 15) is 9.59 Å². The lowest BCUT2D eigenvalue weighted by Crippen LogP contribution is -2.36. The number of anilines is 2. The van der Waals surface area contributed by atoms with Gasteiger partial charge in [-0.15, -0.1) is 12.4 Å². The number of nitrogen functional groups attached to an aromatic ring is 1. The van der Waals surface area contributed by atoms with Gasteiger partial charge in [0, 0.05) is 35.6 Å². The van der Waals surface area contributed by atoms with E-state index in [1.807, 2.05) is 25.1 Å². The topological polar surface area (TPSA) is 75.4 Å². The molecule has 0 radical (unpaired) electrons. The molecular formula is C20H24ClN3O2. The molecule has 1 aliphatic rings. The van der Waals surface area contributed by atoms with E-state index >= 15 is 0 Å². The fourth-order valence-corrected chi connectivity index (χ4v) is 3.15. The lowest BCUT2D eigenvalue weighted by atomic mass is 9.98. The maximum Gasteiger partial charge on any atom is 0.258 e. The van der Waals surface area contributed by atoms with Crippen LogP contribution in [0.25, 0.3) is 0 Å². The van der Waals surface area contributed by atoms with Gasteiger partial charge in [-0.25, -0.2) is 0 Å². The molecule has 138 valence electrons. The fraction of sp³-hybridized carbons (Fsp3) is 0.300. The Kier molecular flexibility index (Phi) is 6.64. The zero-order valence-corrected chi connectivity index (χ0v) is 15.6. The molecule has 0 aromatic heterocycles. The number of nitrogens with zero attached hydrogens (tertiary/aromatic N) is 1. The number of nitrogens with one attached hydrogen (secondary N) is 1. The van der Waals surface area contributed by atoms with Crippen molar-refractivity contribution in [1.29, 1.82) is 0 Å². The minimum atomic E-state index is -0.153. The lowest BCUT2D eigenvalue weighted by molar-refractivity contribution is 0.0953. The molecule has 0 saturated heterocycles. The summed E-state index contributed by atoms with van der Waals surface area (Å²) in [7, 11) is 0. The number of hydrogen-bond donors (Lipinski definition) is 2. The highest BCUT2D eigenvalue weighted by atomic mass is 35.5. The molecule has 5 nitrogen and oxygen atoms in total. The van der Waals surface area contributed by atoms with Crippen LogP contribution in [-0.4, -0.2) is 24.9 Å². The second kappa shape index (κ2) is 8.72. The third kappa shape index (κ3) is 3.99. The molecule has 0 fully saturated rings. The first-order valence-corrected chi connectivity index (χ1v) is 8.69. The van der Waals surface area contributed by atoms with Crippen LogP contribution in [0.3, 0.4) is 0 Å². The molecule has 0 unspecified atom stereocenters. The van der Waals surface area contributed by atoms with Crippen molar-refractivity contribution >= 4 is 35.6 Å². The van der Waals surface area contributed by atoms with E-state index in [0.29, 0.717) is 24.2 Å². The average molecular weight is 374 g/mol. The lowest BCUT2D eigenvalue weighted by Gasteiger charge is -2.30. The van der Waals surface area contributed by atoms with Crippen LogP contribution < -0.4 is 16.0 Å². The Balaban J connectivity index is 0.00000243. The summed E-state index contributed by atoms with van der Waals surface area (Å²) in [5.74, 6) is -0.253. The zero-order valence-electron chi connectivity index (χ0n) is 14.8. The Hall–Kier alpha value is -2.53. The van der Waals surface area contributed by atoms with Gasteiger partial charge in [-0.2, -0.15) is 0 Å². The van der Waals surface area contributed by atoms with Gasteiger partial charge in [0.1, 0.15) is 0 Å². The Morgan fingerprint density at radius 1 is 1.15 bits per heavy atom. The number of rotatable bonds is 4. The largest absolute Gasteiger partial charge is 0.398 e. The monoisotopic (exact) mass is 373 g/mol. The molecule has 2 aromatic rings. The molecule has 2 aromatic carbocycles. The van der Waals surface area contributed by atoms with E-state index in [2.05, 4.69) is 5.32 Å². The number of carbonyl (C=O) groups excluding carboxylic acids is 2. The van der Waals surface area contributed by atoms with Gasteiger partial charge in [0.2, 0.25) is 0 Å². The summed E-state index contributed by atoms with van der Waals surface area (Å²) < 4.78 is 0. The molecular weight excluding hydrogens is 350 g/mol. The maximum absolute atomic E-state index is 13.0. The first-order valence-electron chi connectivity index (χ1n) is 8.69. The van der Waals surface area contributed by atoms with Crippen molar-refractivity contribution in [3.05, 3.63) is 59.2 Å². The molecule has 0 bridgehead atoms. The third-order valence-corrected chi connectivity index (χ3v) is 4.44. The summed E-state index contributed by atoms with van der Waals surface area (Å²) in [4.78, 5) is 26.9. The van der Waals surface area contributed by atoms with Crippen molar-refractivity contribution in [2.75, 3.05) is 23.7 Å². The van der Waals surface area contributed by atoms with Crippen molar-refractivity contribution in [3.8, 4) is 0 Å². The summed E-state index contributed by atoms with van der Waals surface area (Å²) in [5.41, 5.74) is 9.70. The molecule has 2 amide bonds. The van der Waals surface area contributed by atoms with Crippen LogP contribution in [0.4, 0.5) is 11.4 Å². The number of halogens is 1. The second-order valence-corrected chi connectivity index (χ2v) is 6.24. The smallest absolute Gasteiger partial charge is 0.258 e. The van der Waals surface area contributed by atoms with E-state index in [0.717, 1.165) is 36.2 Å². The van der Waals surface area contributed by atoms with Crippen LogP contribution in [-0.2, 0) is 6.42 Å². The number of carbonyl (C=O) groups is 2. The first kappa shape index (κ1) is 19.8. The van der Waals surface area contributed by atoms with Gasteiger partial charge in [0.05, 0.1) is 0 Å². The quantitative estimate of drug-likeness (QED) is 0.806.